The summed E-state index contributed by atoms with van der Waals surface area (Å²) >= 11 is 0. The van der Waals surface area contributed by atoms with Gasteiger partial charge in [-0.25, -0.2) is 0 Å². The van der Waals surface area contributed by atoms with Crippen molar-refractivity contribution in [2.24, 2.45) is 34.5 Å². The molecule has 0 aromatic heterocycles. The summed E-state index contributed by atoms with van der Waals surface area (Å²) in [7, 11) is 0. The van der Waals surface area contributed by atoms with Crippen molar-refractivity contribution in [1.29, 1.82) is 0 Å². The lowest BCUT2D eigenvalue weighted by Gasteiger charge is -2.50. The van der Waals surface area contributed by atoms with Gasteiger partial charge in [-0.3, -0.25) is 9.59 Å². The molecule has 2 aliphatic carbocycles. The fraction of sp³-hybridized carbons (Fsp3) is 0.818. The number of hydrogen-bond donors (Lipinski definition) is 0. The Morgan fingerprint density at radius 1 is 1.31 bits per heavy atom. The van der Waals surface area contributed by atoms with Gasteiger partial charge in [0.05, 0.1) is 19.6 Å². The summed E-state index contributed by atoms with van der Waals surface area (Å²) < 4.78 is 10.6. The summed E-state index contributed by atoms with van der Waals surface area (Å²) in [6, 6.07) is 0. The molecule has 3 fully saturated rings. The van der Waals surface area contributed by atoms with Crippen LogP contribution in [0.1, 0.15) is 66.2 Å². The first-order valence-electron chi connectivity index (χ1n) is 10.1. The van der Waals surface area contributed by atoms with E-state index in [1.807, 2.05) is 0 Å². The molecule has 146 valence electrons. The SMILES string of the molecule is C=C(C(COC(C)=O)C1COC(=O)C1)C1CCC2C(C)(C)CCCC12C. The molecule has 5 unspecified atom stereocenters. The highest BCUT2D eigenvalue weighted by molar-refractivity contribution is 5.71. The van der Waals surface area contributed by atoms with Gasteiger partial charge < -0.3 is 9.47 Å². The van der Waals surface area contributed by atoms with Crippen LogP contribution in [0.4, 0.5) is 0 Å². The van der Waals surface area contributed by atoms with Gasteiger partial charge in [-0.15, -0.1) is 0 Å². The van der Waals surface area contributed by atoms with Crippen LogP contribution in [-0.4, -0.2) is 25.2 Å². The van der Waals surface area contributed by atoms with Gasteiger partial charge in [0.15, 0.2) is 0 Å². The monoisotopic (exact) mass is 362 g/mol. The van der Waals surface area contributed by atoms with E-state index in [-0.39, 0.29) is 29.2 Å². The van der Waals surface area contributed by atoms with E-state index in [4.69, 9.17) is 9.47 Å². The number of ether oxygens (including phenoxy) is 2. The van der Waals surface area contributed by atoms with Crippen LogP contribution in [-0.2, 0) is 19.1 Å². The summed E-state index contributed by atoms with van der Waals surface area (Å²) in [5.41, 5.74) is 1.81. The average Bonchev–Trinajstić information content (AvgIpc) is 3.11. The van der Waals surface area contributed by atoms with Crippen LogP contribution >= 0.6 is 0 Å². The maximum Gasteiger partial charge on any atom is 0.306 e. The quantitative estimate of drug-likeness (QED) is 0.533. The molecule has 0 radical (unpaired) electrons. The van der Waals surface area contributed by atoms with Gasteiger partial charge >= 0.3 is 11.9 Å². The zero-order valence-electron chi connectivity index (χ0n) is 16.8. The molecule has 3 rings (SSSR count). The predicted molar refractivity (Wildman–Crippen MR) is 100 cm³/mol. The second kappa shape index (κ2) is 7.01. The third-order valence-corrected chi connectivity index (χ3v) is 7.66. The van der Waals surface area contributed by atoms with E-state index in [0.717, 1.165) is 6.42 Å². The van der Waals surface area contributed by atoms with Gasteiger partial charge in [0.25, 0.3) is 0 Å². The average molecular weight is 363 g/mol. The van der Waals surface area contributed by atoms with E-state index in [1.165, 1.54) is 38.2 Å². The van der Waals surface area contributed by atoms with Crippen LogP contribution in [0.25, 0.3) is 0 Å². The second-order valence-electron chi connectivity index (χ2n) is 9.66. The largest absolute Gasteiger partial charge is 0.465 e. The fourth-order valence-corrected chi connectivity index (χ4v) is 6.38. The number of carbonyl (C=O) groups excluding carboxylic acids is 2. The molecule has 0 amide bonds. The van der Waals surface area contributed by atoms with Crippen LogP contribution in [0.5, 0.6) is 0 Å². The predicted octanol–water partition coefficient (Wildman–Crippen LogP) is 4.53. The molecular weight excluding hydrogens is 328 g/mol. The number of carbonyl (C=O) groups is 2. The van der Waals surface area contributed by atoms with Gasteiger partial charge in [-0.1, -0.05) is 39.3 Å². The molecule has 1 saturated heterocycles. The zero-order valence-corrected chi connectivity index (χ0v) is 16.8. The number of hydrogen-bond acceptors (Lipinski definition) is 4. The van der Waals surface area contributed by atoms with Crippen LogP contribution in [0.3, 0.4) is 0 Å². The molecular formula is C22H34O4. The molecule has 1 aliphatic heterocycles. The molecule has 0 spiro atoms. The van der Waals surface area contributed by atoms with Crippen molar-refractivity contribution in [2.75, 3.05) is 13.2 Å². The van der Waals surface area contributed by atoms with E-state index >= 15 is 0 Å². The van der Waals surface area contributed by atoms with E-state index in [1.54, 1.807) is 0 Å². The van der Waals surface area contributed by atoms with Crippen LogP contribution in [0.15, 0.2) is 12.2 Å². The van der Waals surface area contributed by atoms with Crippen molar-refractivity contribution in [3.05, 3.63) is 12.2 Å². The molecule has 5 atom stereocenters. The summed E-state index contributed by atoms with van der Waals surface area (Å²) in [4.78, 5) is 23.1. The Morgan fingerprint density at radius 2 is 2.04 bits per heavy atom. The Labute approximate surface area is 157 Å². The zero-order chi connectivity index (χ0) is 19.1. The lowest BCUT2D eigenvalue weighted by atomic mass is 9.54. The van der Waals surface area contributed by atoms with Crippen molar-refractivity contribution in [3.63, 3.8) is 0 Å². The lowest BCUT2D eigenvalue weighted by molar-refractivity contribution is -0.142. The number of fused-ring (bicyclic) bond motifs is 1. The summed E-state index contributed by atoms with van der Waals surface area (Å²) in [5, 5.41) is 0. The molecule has 0 aromatic rings. The summed E-state index contributed by atoms with van der Waals surface area (Å²) in [6.45, 7) is 14.0. The molecule has 4 nitrogen and oxygen atoms in total. The number of cyclic esters (lactones) is 1. The maximum absolute atomic E-state index is 11.7. The molecule has 0 aromatic carbocycles. The minimum atomic E-state index is -0.276. The molecule has 0 bridgehead atoms. The Balaban J connectivity index is 1.82. The van der Waals surface area contributed by atoms with Crippen molar-refractivity contribution in [1.82, 2.24) is 0 Å². The van der Waals surface area contributed by atoms with Gasteiger partial charge in [0, 0.05) is 18.8 Å². The van der Waals surface area contributed by atoms with Crippen LogP contribution < -0.4 is 0 Å². The highest BCUT2D eigenvalue weighted by Gasteiger charge is 2.55. The Morgan fingerprint density at radius 3 is 2.65 bits per heavy atom. The topological polar surface area (TPSA) is 52.6 Å². The Kier molecular flexibility index (Phi) is 5.24. The number of rotatable bonds is 5. The standard InChI is InChI=1S/C22H34O4/c1-14(17(13-25-15(2)23)16-11-20(24)26-12-16)18-7-8-19-21(3,4)9-6-10-22(18,19)5/h16-19H,1,6-13H2,2-5H3. The van der Waals surface area contributed by atoms with E-state index in [9.17, 15) is 9.59 Å². The van der Waals surface area contributed by atoms with Crippen molar-refractivity contribution in [3.8, 4) is 0 Å². The van der Waals surface area contributed by atoms with Crippen molar-refractivity contribution < 1.29 is 19.1 Å². The summed E-state index contributed by atoms with van der Waals surface area (Å²) in [6.07, 6.45) is 6.61. The molecule has 4 heteroatoms. The Hall–Kier alpha value is -1.32. The highest BCUT2D eigenvalue weighted by atomic mass is 16.5. The van der Waals surface area contributed by atoms with Crippen molar-refractivity contribution >= 4 is 11.9 Å². The third-order valence-electron chi connectivity index (χ3n) is 7.66. The lowest BCUT2D eigenvalue weighted by Crippen LogP contribution is -2.43. The van der Waals surface area contributed by atoms with Gasteiger partial charge in [-0.2, -0.15) is 0 Å². The van der Waals surface area contributed by atoms with Crippen molar-refractivity contribution in [2.45, 2.75) is 66.2 Å². The molecule has 3 aliphatic rings. The normalized spacial score (nSPS) is 36.9. The van der Waals surface area contributed by atoms with Gasteiger partial charge in [-0.05, 0) is 48.3 Å². The Bertz CT molecular complexity index is 593. The van der Waals surface area contributed by atoms with E-state index in [0.29, 0.717) is 36.9 Å². The van der Waals surface area contributed by atoms with E-state index in [2.05, 4.69) is 27.4 Å². The second-order valence-corrected chi connectivity index (χ2v) is 9.66. The molecule has 26 heavy (non-hydrogen) atoms. The van der Waals surface area contributed by atoms with Gasteiger partial charge in [0.1, 0.15) is 0 Å². The minimum absolute atomic E-state index is 0.0102. The van der Waals surface area contributed by atoms with Crippen LogP contribution in [0, 0.1) is 34.5 Å². The molecule has 2 saturated carbocycles. The number of esters is 2. The summed E-state index contributed by atoms with van der Waals surface area (Å²) in [5.74, 6) is 0.807. The molecule has 1 heterocycles. The van der Waals surface area contributed by atoms with Gasteiger partial charge in [0.2, 0.25) is 0 Å². The fourth-order valence-electron chi connectivity index (χ4n) is 6.38. The van der Waals surface area contributed by atoms with E-state index < -0.39 is 0 Å². The maximum atomic E-state index is 11.7. The first kappa shape index (κ1) is 19.4. The van der Waals surface area contributed by atoms with Crippen LogP contribution in [0.2, 0.25) is 0 Å². The highest BCUT2D eigenvalue weighted by Crippen LogP contribution is 2.64. The third kappa shape index (κ3) is 3.44. The molecule has 0 N–H and O–H groups in total. The first-order chi connectivity index (χ1) is 12.1. The minimum Gasteiger partial charge on any atom is -0.465 e. The first-order valence-corrected chi connectivity index (χ1v) is 10.1. The smallest absolute Gasteiger partial charge is 0.306 e.